The highest BCUT2D eigenvalue weighted by Gasteiger charge is 2.42. The van der Waals surface area contributed by atoms with Gasteiger partial charge in [-0.1, -0.05) is 96.0 Å². The summed E-state index contributed by atoms with van der Waals surface area (Å²) in [6.07, 6.45) is 8.79. The molecular weight excluding hydrogens is 1500 g/mol. The van der Waals surface area contributed by atoms with Crippen molar-refractivity contribution in [2.45, 2.75) is 230 Å². The number of rotatable bonds is 45. The zero-order valence-corrected chi connectivity index (χ0v) is 66.6. The Balaban J connectivity index is 0.892. The summed E-state index contributed by atoms with van der Waals surface area (Å²) >= 11 is 0. The van der Waals surface area contributed by atoms with Gasteiger partial charge in [0.05, 0.1) is 24.6 Å². The number of likely N-dealkylation sites (tertiary alicyclic amines) is 2. The summed E-state index contributed by atoms with van der Waals surface area (Å²) < 4.78 is 0. The van der Waals surface area contributed by atoms with Crippen molar-refractivity contribution in [2.24, 2.45) is 29.0 Å². The Morgan fingerprint density at radius 1 is 0.526 bits per heavy atom. The van der Waals surface area contributed by atoms with E-state index in [0.29, 0.717) is 55.3 Å². The molecule has 2 fully saturated rings. The molecular formula is C81H113N19O16. The molecule has 21 N–H and O–H groups in total. The predicted octanol–water partition coefficient (Wildman–Crippen LogP) is 0.919. The molecule has 0 unspecified atom stereocenters. The largest absolute Gasteiger partial charge is 0.508 e. The minimum Gasteiger partial charge on any atom is -0.508 e. The molecule has 0 aliphatic carbocycles. The van der Waals surface area contributed by atoms with Gasteiger partial charge in [-0.15, -0.1) is 0 Å². The number of para-hydroxylation sites is 2. The molecule has 5 heterocycles. The van der Waals surface area contributed by atoms with E-state index in [4.69, 9.17) is 17.2 Å². The summed E-state index contributed by atoms with van der Waals surface area (Å²) in [5.41, 5.74) is 21.9. The van der Waals surface area contributed by atoms with Gasteiger partial charge >= 0.3 is 5.97 Å². The first-order valence-corrected chi connectivity index (χ1v) is 39.8. The minimum absolute atomic E-state index is 0.0346. The maximum Gasteiger partial charge on any atom is 0.326 e. The highest BCUT2D eigenvalue weighted by Crippen LogP contribution is 2.26. The average molecular weight is 1610 g/mol. The number of imidazole rings is 1. The third kappa shape index (κ3) is 26.1. The molecule has 116 heavy (non-hydrogen) atoms. The van der Waals surface area contributed by atoms with Gasteiger partial charge in [0.1, 0.15) is 72.2 Å². The van der Waals surface area contributed by atoms with Gasteiger partial charge in [-0.25, -0.2) is 9.78 Å². The fourth-order valence-corrected chi connectivity index (χ4v) is 14.5. The van der Waals surface area contributed by atoms with Crippen LogP contribution in [0, 0.1) is 11.8 Å². The first kappa shape index (κ1) is 89.8. The number of fused-ring (bicyclic) bond motifs is 2. The third-order valence-electron chi connectivity index (χ3n) is 20.7. The second kappa shape index (κ2) is 43.7. The summed E-state index contributed by atoms with van der Waals surface area (Å²) in [4.78, 5) is 212. The summed E-state index contributed by atoms with van der Waals surface area (Å²) in [6.45, 7) is 10.2. The monoisotopic (exact) mass is 1610 g/mol. The fourth-order valence-electron chi connectivity index (χ4n) is 14.5. The van der Waals surface area contributed by atoms with Crippen molar-refractivity contribution in [1.82, 2.24) is 82.9 Å². The minimum atomic E-state index is -1.43. The third-order valence-corrected chi connectivity index (χ3v) is 20.7. The Morgan fingerprint density at radius 3 is 1.59 bits per heavy atom. The van der Waals surface area contributed by atoms with Crippen LogP contribution in [0.25, 0.3) is 21.8 Å². The second-order valence-corrected chi connectivity index (χ2v) is 30.8. The van der Waals surface area contributed by atoms with Crippen LogP contribution >= 0.6 is 0 Å². The number of aliphatic carboxylic acids is 1. The number of hydrogen-bond acceptors (Lipinski definition) is 18. The van der Waals surface area contributed by atoms with Crippen LogP contribution in [0.4, 0.5) is 0 Å². The van der Waals surface area contributed by atoms with Gasteiger partial charge in [0.2, 0.25) is 76.8 Å². The number of aromatic hydroxyl groups is 1. The molecule has 628 valence electrons. The number of nitrogens with two attached hydrogens (primary N) is 3. The van der Waals surface area contributed by atoms with E-state index < -0.39 is 162 Å². The molecule has 35 heteroatoms. The van der Waals surface area contributed by atoms with Crippen LogP contribution in [0.15, 0.2) is 97.7 Å². The number of unbranched alkanes of at least 4 members (excludes halogenated alkanes) is 2. The van der Waals surface area contributed by atoms with Crippen molar-refractivity contribution in [1.29, 1.82) is 0 Å². The van der Waals surface area contributed by atoms with E-state index in [9.17, 15) is 77.3 Å². The molecule has 0 radical (unpaired) electrons. The van der Waals surface area contributed by atoms with E-state index in [0.717, 1.165) is 27.4 Å². The Morgan fingerprint density at radius 2 is 1.03 bits per heavy atom. The van der Waals surface area contributed by atoms with E-state index in [2.05, 4.69) is 73.1 Å². The Bertz CT molecular complexity index is 4390. The molecule has 13 amide bonds. The number of nitrogens with one attached hydrogen (secondary N) is 13. The van der Waals surface area contributed by atoms with E-state index in [-0.39, 0.29) is 114 Å². The number of amides is 13. The number of benzene rings is 3. The number of carbonyl (C=O) groups is 14. The van der Waals surface area contributed by atoms with Crippen molar-refractivity contribution < 1.29 is 77.3 Å². The number of carbonyl (C=O) groups excluding carboxylic acids is 13. The number of phenols is 1. The number of phenolic OH excluding ortho intramolecular Hbond substituents is 1. The Kier molecular flexibility index (Phi) is 33.8. The van der Waals surface area contributed by atoms with Gasteiger partial charge in [-0.2, -0.15) is 0 Å². The van der Waals surface area contributed by atoms with Crippen LogP contribution in [0.3, 0.4) is 0 Å². The molecule has 2 aliphatic heterocycles. The van der Waals surface area contributed by atoms with Gasteiger partial charge < -0.3 is 105 Å². The molecule has 0 spiro atoms. The maximum atomic E-state index is 14.9. The van der Waals surface area contributed by atoms with Crippen LogP contribution in [0.5, 0.6) is 5.75 Å². The van der Waals surface area contributed by atoms with Crippen molar-refractivity contribution >= 4 is 105 Å². The van der Waals surface area contributed by atoms with E-state index in [1.807, 2.05) is 83.1 Å². The van der Waals surface area contributed by atoms with Gasteiger partial charge in [-0.05, 0) is 143 Å². The first-order valence-electron chi connectivity index (χ1n) is 39.8. The molecule has 35 nitrogen and oxygen atoms in total. The first-order chi connectivity index (χ1) is 55.4. The number of carboxylic acids is 1. The SMILES string of the molecule is CCCC[C@H](NC(=O)[C@@H]1CCCN1C(=O)[C@H](CCC(N)=O)NC(=O)CNC(=O)[C@@H]1CCCN1C(=O)[C@H](CCCCN)NC(=O)[C@H](CC(C)C)NC(=O)[C@@H](C)NC(=O)[C@H](CC(C)C)NC(=O)[C@H](Cc1c[nH]c2ccccc12)NC(=O)[C@H](Cc1c[nH]cn1)NC(=O)[C@@H](N)Cc1c[nH]c2ccccc12)C(=O)N[C@@H](Cc1ccc(O)cc1)C(=O)O. The van der Waals surface area contributed by atoms with Gasteiger partial charge in [0.25, 0.3) is 0 Å². The quantitative estimate of drug-likeness (QED) is 0.0236. The number of nitrogens with zero attached hydrogens (tertiary/aromatic N) is 3. The second-order valence-electron chi connectivity index (χ2n) is 30.8. The van der Waals surface area contributed by atoms with Crippen molar-refractivity contribution in [2.75, 3.05) is 26.2 Å². The van der Waals surface area contributed by atoms with Crippen molar-refractivity contribution in [3.8, 4) is 5.75 Å². The lowest BCUT2D eigenvalue weighted by Crippen LogP contribution is -2.60. The molecule has 3 aromatic heterocycles. The summed E-state index contributed by atoms with van der Waals surface area (Å²) in [6, 6.07) is 5.45. The highest BCUT2D eigenvalue weighted by atomic mass is 16.4. The van der Waals surface area contributed by atoms with Gasteiger partial charge in [0.15, 0.2) is 0 Å². The molecule has 8 rings (SSSR count). The molecule has 12 atom stereocenters. The number of primary amides is 1. The predicted molar refractivity (Wildman–Crippen MR) is 429 cm³/mol. The van der Waals surface area contributed by atoms with Crippen molar-refractivity contribution in [3.63, 3.8) is 0 Å². The number of H-pyrrole nitrogens is 3. The fraction of sp³-hybridized carbons (Fsp3) is 0.519. The van der Waals surface area contributed by atoms with Crippen LogP contribution < -0.4 is 70.4 Å². The Hall–Kier alpha value is -11.8. The number of hydrogen-bond donors (Lipinski definition) is 18. The molecule has 2 aliphatic rings. The maximum absolute atomic E-state index is 14.9. The summed E-state index contributed by atoms with van der Waals surface area (Å²) in [5, 5.41) is 48.4. The standard InChI is InChI=1S/C81H113N19O16/c1-7-8-19-58(72(106)98-65(81(115)116)36-48-25-27-52(101)28-26-48)92-78(112)67-24-16-33-100(67)80(114)60(29-30-68(84)102)91-69(103)43-88-77(111)66-23-15-32-99(66)79(113)59(22-13-14-31-82)93-74(108)62(35-46(4)5)94-70(104)47(6)90-73(107)61(34-45(2)3)96-75(109)63(38-50-41-87-57-21-12-10-18-54(50)57)97-76(110)64(39-51-42-85-44-89-51)95-71(105)55(83)37-49-40-86-56-20-11-9-17-53(49)56/h9-12,17-18,20-21,25-28,40-42,44-47,55,58-67,86-87,101H,7-8,13-16,19,22-24,29-39,43,82-83H2,1-6H3,(H2,84,102)(H,85,89)(H,88,111)(H,90,107)(H,91,103)(H,92,112)(H,93,108)(H,94,104)(H,95,105)(H,96,109)(H,97,110)(H,98,106)(H,115,116)/t47-,55+,58+,59+,60+,61+,62+,63+,64+,65+,66+,67+/m1/s1. The lowest BCUT2D eigenvalue weighted by atomic mass is 9.99. The van der Waals surface area contributed by atoms with Crippen LogP contribution in [0.1, 0.15) is 154 Å². The zero-order chi connectivity index (χ0) is 84.3. The zero-order valence-electron chi connectivity index (χ0n) is 66.6. The number of aromatic nitrogens is 4. The molecule has 6 aromatic rings. The van der Waals surface area contributed by atoms with E-state index in [1.165, 1.54) is 47.3 Å². The number of carboxylic acid groups (broad SMARTS) is 1. The van der Waals surface area contributed by atoms with Crippen LogP contribution in [-0.4, -0.2) is 221 Å². The normalized spacial score (nSPS) is 16.6. The van der Waals surface area contributed by atoms with Crippen molar-refractivity contribution in [3.05, 3.63) is 120 Å². The summed E-state index contributed by atoms with van der Waals surface area (Å²) in [7, 11) is 0. The smallest absolute Gasteiger partial charge is 0.326 e. The van der Waals surface area contributed by atoms with Gasteiger partial charge in [-0.3, -0.25) is 62.3 Å². The molecule has 2 saturated heterocycles. The Labute approximate surface area is 672 Å². The number of aromatic amines is 3. The summed E-state index contributed by atoms with van der Waals surface area (Å²) in [5.74, 6) is -11.6. The average Bonchev–Trinajstić information content (AvgIpc) is 1.74. The molecule has 3 aromatic carbocycles. The molecule has 0 saturated carbocycles. The van der Waals surface area contributed by atoms with E-state index in [1.54, 1.807) is 18.6 Å². The lowest BCUT2D eigenvalue weighted by molar-refractivity contribution is -0.144. The van der Waals surface area contributed by atoms with Gasteiger partial charge in [0, 0.05) is 79.2 Å². The lowest BCUT2D eigenvalue weighted by Gasteiger charge is -2.31. The highest BCUT2D eigenvalue weighted by molar-refractivity contribution is 6.00. The molecule has 0 bridgehead atoms. The van der Waals surface area contributed by atoms with E-state index >= 15 is 0 Å². The van der Waals surface area contributed by atoms with Crippen LogP contribution in [-0.2, 0) is 92.8 Å². The topological polar surface area (TPSA) is 545 Å². The van der Waals surface area contributed by atoms with Crippen LogP contribution in [0.2, 0.25) is 0 Å².